The van der Waals surface area contributed by atoms with Crippen LogP contribution in [-0.4, -0.2) is 44.7 Å². The van der Waals surface area contributed by atoms with E-state index < -0.39 is 10.0 Å². The Bertz CT molecular complexity index is 1180. The van der Waals surface area contributed by atoms with Crippen molar-refractivity contribution in [3.63, 3.8) is 0 Å². The van der Waals surface area contributed by atoms with Crippen LogP contribution in [0.5, 0.6) is 11.5 Å². The van der Waals surface area contributed by atoms with Crippen LogP contribution in [0.2, 0.25) is 5.02 Å². The first kappa shape index (κ1) is 23.4. The molecule has 0 unspecified atom stereocenters. The van der Waals surface area contributed by atoms with Crippen molar-refractivity contribution in [1.29, 1.82) is 0 Å². The minimum atomic E-state index is -3.91. The Hall–Kier alpha value is -2.74. The second kappa shape index (κ2) is 10.5. The van der Waals surface area contributed by atoms with Gasteiger partial charge in [0.2, 0.25) is 0 Å². The summed E-state index contributed by atoms with van der Waals surface area (Å²) in [6.07, 6.45) is 2.48. The summed E-state index contributed by atoms with van der Waals surface area (Å²) in [5, 5.41) is 10.2. The number of benzene rings is 3. The van der Waals surface area contributed by atoms with Gasteiger partial charge < -0.3 is 9.84 Å². The molecule has 6 nitrogen and oxygen atoms in total. The molecule has 0 aliphatic carbocycles. The summed E-state index contributed by atoms with van der Waals surface area (Å²) in [7, 11) is -3.91. The zero-order chi connectivity index (χ0) is 23.3. The summed E-state index contributed by atoms with van der Waals surface area (Å²) in [6.45, 7) is 3.77. The molecule has 1 fully saturated rings. The van der Waals surface area contributed by atoms with Crippen LogP contribution in [0.15, 0.2) is 77.7 Å². The molecule has 0 radical (unpaired) electrons. The summed E-state index contributed by atoms with van der Waals surface area (Å²) >= 11 is 6.06. The zero-order valence-corrected chi connectivity index (χ0v) is 19.8. The average molecular weight is 487 g/mol. The zero-order valence-electron chi connectivity index (χ0n) is 18.2. The summed E-state index contributed by atoms with van der Waals surface area (Å²) < 4.78 is 34.3. The SMILES string of the molecule is O=S(=O)(c1cccc(Cl)c1)N(Cc1cccc(O)c1)c1ccc(OCCN2CCCC2)cc1. The highest BCUT2D eigenvalue weighted by atomic mass is 35.5. The molecule has 0 spiro atoms. The Balaban J connectivity index is 1.57. The van der Waals surface area contributed by atoms with E-state index in [1.54, 1.807) is 60.7 Å². The molecule has 0 atom stereocenters. The number of phenolic OH excluding ortho intramolecular Hbond substituents is 1. The van der Waals surface area contributed by atoms with Gasteiger partial charge in [-0.15, -0.1) is 0 Å². The fourth-order valence-electron chi connectivity index (χ4n) is 3.90. The topological polar surface area (TPSA) is 70.1 Å². The molecule has 4 rings (SSSR count). The third kappa shape index (κ3) is 5.99. The highest BCUT2D eigenvalue weighted by Crippen LogP contribution is 2.29. The van der Waals surface area contributed by atoms with Gasteiger partial charge >= 0.3 is 0 Å². The van der Waals surface area contributed by atoms with Crippen molar-refractivity contribution in [3.8, 4) is 11.5 Å². The lowest BCUT2D eigenvalue weighted by atomic mass is 10.2. The first-order valence-corrected chi connectivity index (χ1v) is 12.7. The fraction of sp³-hybridized carbons (Fsp3) is 0.280. The van der Waals surface area contributed by atoms with Crippen molar-refractivity contribution in [2.75, 3.05) is 30.5 Å². The summed E-state index contributed by atoms with van der Waals surface area (Å²) in [4.78, 5) is 2.48. The van der Waals surface area contributed by atoms with Crippen molar-refractivity contribution < 1.29 is 18.3 Å². The highest BCUT2D eigenvalue weighted by molar-refractivity contribution is 7.92. The molecule has 33 heavy (non-hydrogen) atoms. The Morgan fingerprint density at radius 3 is 2.39 bits per heavy atom. The van der Waals surface area contributed by atoms with E-state index in [1.807, 2.05) is 0 Å². The third-order valence-corrected chi connectivity index (χ3v) is 7.63. The molecule has 1 N–H and O–H groups in total. The van der Waals surface area contributed by atoms with Gasteiger partial charge in [0.05, 0.1) is 17.1 Å². The van der Waals surface area contributed by atoms with Crippen LogP contribution >= 0.6 is 11.6 Å². The highest BCUT2D eigenvalue weighted by Gasteiger charge is 2.26. The van der Waals surface area contributed by atoms with E-state index in [0.29, 0.717) is 28.6 Å². The van der Waals surface area contributed by atoms with E-state index in [-0.39, 0.29) is 17.2 Å². The van der Waals surface area contributed by atoms with E-state index in [1.165, 1.54) is 29.3 Å². The second-order valence-electron chi connectivity index (χ2n) is 8.03. The Morgan fingerprint density at radius 1 is 0.970 bits per heavy atom. The third-order valence-electron chi connectivity index (χ3n) is 5.62. The molecule has 0 bridgehead atoms. The Morgan fingerprint density at radius 2 is 1.70 bits per heavy atom. The van der Waals surface area contributed by atoms with Crippen molar-refractivity contribution in [2.45, 2.75) is 24.3 Å². The van der Waals surface area contributed by atoms with Gasteiger partial charge in [0.25, 0.3) is 10.0 Å². The van der Waals surface area contributed by atoms with Crippen LogP contribution in [0.25, 0.3) is 0 Å². The number of sulfonamides is 1. The first-order valence-electron chi connectivity index (χ1n) is 10.9. The minimum absolute atomic E-state index is 0.0540. The lowest BCUT2D eigenvalue weighted by Gasteiger charge is -2.25. The van der Waals surface area contributed by atoms with Gasteiger partial charge in [-0.1, -0.05) is 29.8 Å². The fourth-order valence-corrected chi connectivity index (χ4v) is 5.65. The molecular weight excluding hydrogens is 460 g/mol. The van der Waals surface area contributed by atoms with Gasteiger partial charge in [0.1, 0.15) is 18.1 Å². The summed E-state index contributed by atoms with van der Waals surface area (Å²) in [5.74, 6) is 0.768. The van der Waals surface area contributed by atoms with Crippen LogP contribution in [-0.2, 0) is 16.6 Å². The average Bonchev–Trinajstić information content (AvgIpc) is 3.32. The lowest BCUT2D eigenvalue weighted by Crippen LogP contribution is -2.30. The molecule has 0 aromatic heterocycles. The Labute approximate surface area is 200 Å². The molecule has 8 heteroatoms. The minimum Gasteiger partial charge on any atom is -0.508 e. The summed E-state index contributed by atoms with van der Waals surface area (Å²) in [6, 6.07) is 19.8. The molecular formula is C25H27ClN2O4S. The predicted molar refractivity (Wildman–Crippen MR) is 131 cm³/mol. The molecule has 174 valence electrons. The maximum absolute atomic E-state index is 13.5. The van der Waals surface area contributed by atoms with E-state index in [9.17, 15) is 13.5 Å². The number of nitrogens with zero attached hydrogens (tertiary/aromatic N) is 2. The van der Waals surface area contributed by atoms with Gasteiger partial charge in [0, 0.05) is 11.6 Å². The van der Waals surface area contributed by atoms with Crippen molar-refractivity contribution in [1.82, 2.24) is 4.90 Å². The maximum atomic E-state index is 13.5. The number of anilines is 1. The van der Waals surface area contributed by atoms with Crippen molar-refractivity contribution in [2.24, 2.45) is 0 Å². The summed E-state index contributed by atoms with van der Waals surface area (Å²) in [5.41, 5.74) is 1.15. The molecule has 0 saturated carbocycles. The number of halogens is 1. The van der Waals surface area contributed by atoms with Gasteiger partial charge in [-0.25, -0.2) is 8.42 Å². The lowest BCUT2D eigenvalue weighted by molar-refractivity contribution is 0.238. The van der Waals surface area contributed by atoms with Crippen LogP contribution in [0.3, 0.4) is 0 Å². The van der Waals surface area contributed by atoms with Crippen LogP contribution in [0.1, 0.15) is 18.4 Å². The van der Waals surface area contributed by atoms with E-state index in [4.69, 9.17) is 16.3 Å². The molecule has 1 aliphatic heterocycles. The van der Waals surface area contributed by atoms with Crippen LogP contribution in [0, 0.1) is 0 Å². The van der Waals surface area contributed by atoms with E-state index >= 15 is 0 Å². The van der Waals surface area contributed by atoms with E-state index in [0.717, 1.165) is 19.6 Å². The smallest absolute Gasteiger partial charge is 0.264 e. The van der Waals surface area contributed by atoms with Crippen molar-refractivity contribution in [3.05, 3.63) is 83.4 Å². The molecule has 1 aliphatic rings. The standard InChI is InChI=1S/C25H27ClN2O4S/c26-21-6-4-8-25(18-21)33(30,31)28(19-20-5-3-7-23(29)17-20)22-9-11-24(12-10-22)32-16-15-27-13-1-2-14-27/h3-12,17-18,29H,1-2,13-16,19H2. The Kier molecular flexibility index (Phi) is 7.42. The second-order valence-corrected chi connectivity index (χ2v) is 10.3. The van der Waals surface area contributed by atoms with Crippen LogP contribution in [0.4, 0.5) is 5.69 Å². The quantitative estimate of drug-likeness (QED) is 0.465. The number of hydrogen-bond donors (Lipinski definition) is 1. The molecule has 1 saturated heterocycles. The number of ether oxygens (including phenoxy) is 1. The number of likely N-dealkylation sites (tertiary alicyclic amines) is 1. The molecule has 3 aromatic carbocycles. The van der Waals surface area contributed by atoms with Gasteiger partial charge in [-0.05, 0) is 86.1 Å². The van der Waals surface area contributed by atoms with Crippen molar-refractivity contribution >= 4 is 27.3 Å². The largest absolute Gasteiger partial charge is 0.508 e. The molecule has 3 aromatic rings. The van der Waals surface area contributed by atoms with E-state index in [2.05, 4.69) is 4.90 Å². The number of rotatable bonds is 9. The van der Waals surface area contributed by atoms with Gasteiger partial charge in [-0.2, -0.15) is 0 Å². The number of phenols is 1. The number of hydrogen-bond acceptors (Lipinski definition) is 5. The predicted octanol–water partition coefficient (Wildman–Crippen LogP) is 4.92. The molecule has 0 amide bonds. The van der Waals surface area contributed by atoms with Gasteiger partial charge in [0.15, 0.2) is 0 Å². The molecule has 1 heterocycles. The maximum Gasteiger partial charge on any atom is 0.264 e. The normalized spacial score (nSPS) is 14.3. The first-order chi connectivity index (χ1) is 15.9. The monoisotopic (exact) mass is 486 g/mol. The van der Waals surface area contributed by atoms with Gasteiger partial charge in [-0.3, -0.25) is 9.21 Å². The number of aromatic hydroxyl groups is 1. The van der Waals surface area contributed by atoms with Crippen LogP contribution < -0.4 is 9.04 Å².